The van der Waals surface area contributed by atoms with Gasteiger partial charge in [-0.3, -0.25) is 0 Å². The molecule has 0 unspecified atom stereocenters. The quantitative estimate of drug-likeness (QED) is 0.846. The van der Waals surface area contributed by atoms with E-state index in [-0.39, 0.29) is 0 Å². The predicted octanol–water partition coefficient (Wildman–Crippen LogP) is 4.33. The first-order valence-corrected chi connectivity index (χ1v) is 7.07. The van der Waals surface area contributed by atoms with Gasteiger partial charge in [0.2, 0.25) is 0 Å². The Hall–Kier alpha value is -1.04. The van der Waals surface area contributed by atoms with Crippen molar-refractivity contribution in [2.45, 2.75) is 20.5 Å². The summed E-state index contributed by atoms with van der Waals surface area (Å²) in [5, 5.41) is 0. The second kappa shape index (κ2) is 5.94. The molecule has 0 saturated carbocycles. The van der Waals surface area contributed by atoms with Crippen molar-refractivity contribution in [3.63, 3.8) is 0 Å². The smallest absolute Gasteiger partial charge is 0.139 e. The minimum Gasteiger partial charge on any atom is -0.378 e. The third-order valence-corrected chi connectivity index (χ3v) is 4.27. The highest BCUT2D eigenvalue weighted by molar-refractivity contribution is 9.10. The van der Waals surface area contributed by atoms with Crippen LogP contribution in [0.4, 0.5) is 0 Å². The molecule has 0 aliphatic heterocycles. The van der Waals surface area contributed by atoms with Crippen molar-refractivity contribution in [3.8, 4) is 11.4 Å². The first-order chi connectivity index (χ1) is 9.01. The average molecular weight is 339 g/mol. The number of H-pyrrole nitrogens is 1. The molecule has 2 aromatic rings. The van der Waals surface area contributed by atoms with Crippen molar-refractivity contribution in [1.29, 1.82) is 0 Å². The molecule has 1 N–H and O–H groups in total. The molecule has 0 amide bonds. The number of aromatic nitrogens is 2. The highest BCUT2D eigenvalue weighted by Gasteiger charge is 2.07. The topological polar surface area (TPSA) is 37.9 Å². The third-order valence-electron chi connectivity index (χ3n) is 2.81. The Morgan fingerprint density at radius 1 is 1.26 bits per heavy atom. The van der Waals surface area contributed by atoms with Crippen LogP contribution in [-0.2, 0) is 11.3 Å². The van der Waals surface area contributed by atoms with Crippen LogP contribution in [0.5, 0.6) is 0 Å². The standard InChI is InChI=1S/C14H15BrN2OS/c1-8-4-10(5-9(2)13(8)15)14-16-11(7-18-3)6-12(19)17-14/h4-6H,7H2,1-3H3,(H,16,17,19). The Morgan fingerprint density at radius 3 is 2.47 bits per heavy atom. The van der Waals surface area contributed by atoms with E-state index in [0.717, 1.165) is 21.6 Å². The average Bonchev–Trinajstić information content (AvgIpc) is 2.35. The summed E-state index contributed by atoms with van der Waals surface area (Å²) in [4.78, 5) is 7.64. The second-order valence-corrected chi connectivity index (χ2v) is 5.66. The number of methoxy groups -OCH3 is 1. The van der Waals surface area contributed by atoms with Gasteiger partial charge in [0.15, 0.2) is 0 Å². The number of nitrogens with one attached hydrogen (secondary N) is 1. The van der Waals surface area contributed by atoms with E-state index in [0.29, 0.717) is 11.2 Å². The number of halogens is 1. The minimum absolute atomic E-state index is 0.494. The van der Waals surface area contributed by atoms with E-state index in [4.69, 9.17) is 17.0 Å². The van der Waals surface area contributed by atoms with Gasteiger partial charge in [0.1, 0.15) is 10.5 Å². The van der Waals surface area contributed by atoms with Crippen LogP contribution < -0.4 is 0 Å². The molecular formula is C14H15BrN2OS. The number of aromatic amines is 1. The summed E-state index contributed by atoms with van der Waals surface area (Å²) in [6.07, 6.45) is 0. The van der Waals surface area contributed by atoms with Gasteiger partial charge in [-0.15, -0.1) is 0 Å². The lowest BCUT2D eigenvalue weighted by Gasteiger charge is -2.09. The van der Waals surface area contributed by atoms with Gasteiger partial charge < -0.3 is 9.72 Å². The lowest BCUT2D eigenvalue weighted by atomic mass is 10.1. The fourth-order valence-electron chi connectivity index (χ4n) is 1.96. The van der Waals surface area contributed by atoms with E-state index in [1.165, 1.54) is 11.1 Å². The van der Waals surface area contributed by atoms with Gasteiger partial charge in [-0.05, 0) is 43.2 Å². The van der Waals surface area contributed by atoms with Crippen LogP contribution in [0.2, 0.25) is 0 Å². The molecule has 100 valence electrons. The number of benzene rings is 1. The Morgan fingerprint density at radius 2 is 1.89 bits per heavy atom. The molecule has 0 aliphatic rings. The zero-order chi connectivity index (χ0) is 14.0. The van der Waals surface area contributed by atoms with Crippen molar-refractivity contribution >= 4 is 28.1 Å². The molecule has 19 heavy (non-hydrogen) atoms. The normalized spacial score (nSPS) is 10.7. The molecule has 5 heteroatoms. The number of aryl methyl sites for hydroxylation is 2. The van der Waals surface area contributed by atoms with Crippen LogP contribution in [0.3, 0.4) is 0 Å². The van der Waals surface area contributed by atoms with Crippen LogP contribution in [0.15, 0.2) is 22.7 Å². The van der Waals surface area contributed by atoms with Crippen molar-refractivity contribution in [1.82, 2.24) is 9.97 Å². The maximum atomic E-state index is 5.20. The third kappa shape index (κ3) is 3.29. The van der Waals surface area contributed by atoms with Gasteiger partial charge in [-0.2, -0.15) is 0 Å². The molecule has 1 aromatic carbocycles. The van der Waals surface area contributed by atoms with Gasteiger partial charge in [0, 0.05) is 22.8 Å². The summed E-state index contributed by atoms with van der Waals surface area (Å²) in [6, 6.07) is 5.99. The SMILES string of the molecule is COCc1cc(=S)nc(-c2cc(C)c(Br)c(C)c2)[nH]1. The maximum Gasteiger partial charge on any atom is 0.139 e. The van der Waals surface area contributed by atoms with Crippen LogP contribution >= 0.6 is 28.1 Å². The summed E-state index contributed by atoms with van der Waals surface area (Å²) in [5.41, 5.74) is 4.31. The predicted molar refractivity (Wildman–Crippen MR) is 82.7 cm³/mol. The van der Waals surface area contributed by atoms with Crippen LogP contribution in [0.25, 0.3) is 11.4 Å². The second-order valence-electron chi connectivity index (χ2n) is 4.45. The lowest BCUT2D eigenvalue weighted by Crippen LogP contribution is -1.98. The van der Waals surface area contributed by atoms with Crippen LogP contribution in [0, 0.1) is 18.5 Å². The largest absolute Gasteiger partial charge is 0.378 e. The lowest BCUT2D eigenvalue weighted by molar-refractivity contribution is 0.181. The van der Waals surface area contributed by atoms with Gasteiger partial charge in [-0.1, -0.05) is 28.1 Å². The summed E-state index contributed by atoms with van der Waals surface area (Å²) in [6.45, 7) is 4.62. The van der Waals surface area contributed by atoms with Crippen molar-refractivity contribution in [3.05, 3.63) is 44.1 Å². The highest BCUT2D eigenvalue weighted by Crippen LogP contribution is 2.26. The molecule has 3 nitrogen and oxygen atoms in total. The molecular weight excluding hydrogens is 324 g/mol. The summed E-state index contributed by atoms with van der Waals surface area (Å²) < 4.78 is 6.82. The summed E-state index contributed by atoms with van der Waals surface area (Å²) >= 11 is 8.77. The van der Waals surface area contributed by atoms with Crippen LogP contribution in [0.1, 0.15) is 16.8 Å². The Bertz CT molecular complexity index is 644. The Balaban J connectivity index is 2.55. The van der Waals surface area contributed by atoms with Gasteiger partial charge >= 0.3 is 0 Å². The van der Waals surface area contributed by atoms with Gasteiger partial charge in [0.05, 0.1) is 6.61 Å². The highest BCUT2D eigenvalue weighted by atomic mass is 79.9. The molecule has 0 atom stereocenters. The molecule has 1 aromatic heterocycles. The minimum atomic E-state index is 0.494. The molecule has 0 aliphatic carbocycles. The van der Waals surface area contributed by atoms with Crippen molar-refractivity contribution in [2.75, 3.05) is 7.11 Å². The molecule has 1 heterocycles. The number of hydrogen-bond donors (Lipinski definition) is 1. The van der Waals surface area contributed by atoms with Gasteiger partial charge in [0.25, 0.3) is 0 Å². The number of nitrogens with zero attached hydrogens (tertiary/aromatic N) is 1. The maximum absolute atomic E-state index is 5.20. The molecule has 0 fully saturated rings. The first kappa shape index (κ1) is 14.4. The zero-order valence-corrected chi connectivity index (χ0v) is 13.5. The van der Waals surface area contributed by atoms with E-state index < -0.39 is 0 Å². The fourth-order valence-corrected chi connectivity index (χ4v) is 2.42. The zero-order valence-electron chi connectivity index (χ0n) is 11.1. The molecule has 0 radical (unpaired) electrons. The van der Waals surface area contributed by atoms with E-state index in [1.54, 1.807) is 7.11 Å². The molecule has 0 spiro atoms. The van der Waals surface area contributed by atoms with Crippen LogP contribution in [-0.4, -0.2) is 17.1 Å². The molecule has 2 rings (SSSR count). The van der Waals surface area contributed by atoms with E-state index in [1.807, 2.05) is 6.07 Å². The first-order valence-electron chi connectivity index (χ1n) is 5.87. The number of ether oxygens (including phenoxy) is 1. The fraction of sp³-hybridized carbons (Fsp3) is 0.286. The van der Waals surface area contributed by atoms with E-state index in [2.05, 4.69) is 51.9 Å². The summed E-state index contributed by atoms with van der Waals surface area (Å²) in [5.74, 6) is 0.776. The monoisotopic (exact) mass is 338 g/mol. The number of rotatable bonds is 3. The summed E-state index contributed by atoms with van der Waals surface area (Å²) in [7, 11) is 1.66. The molecule has 0 bridgehead atoms. The van der Waals surface area contributed by atoms with E-state index in [9.17, 15) is 0 Å². The molecule has 0 saturated heterocycles. The number of hydrogen-bond acceptors (Lipinski definition) is 3. The Kier molecular flexibility index (Phi) is 4.50. The Labute approximate surface area is 126 Å². The van der Waals surface area contributed by atoms with Crippen molar-refractivity contribution < 1.29 is 4.74 Å². The van der Waals surface area contributed by atoms with E-state index >= 15 is 0 Å². The van der Waals surface area contributed by atoms with Crippen molar-refractivity contribution in [2.24, 2.45) is 0 Å². The van der Waals surface area contributed by atoms with Gasteiger partial charge in [-0.25, -0.2) is 4.98 Å².